The Bertz CT molecular complexity index is 531. The molecular formula is C14H24N2O2S2. The Morgan fingerprint density at radius 2 is 2.20 bits per heavy atom. The third kappa shape index (κ3) is 3.42. The molecule has 6 heteroatoms. The van der Waals surface area contributed by atoms with Crippen molar-refractivity contribution in [3.8, 4) is 0 Å². The lowest BCUT2D eigenvalue weighted by Gasteiger charge is -2.28. The molecule has 1 aliphatic rings. The minimum Gasteiger partial charge on any atom is -0.313 e. The molecule has 1 atom stereocenters. The Labute approximate surface area is 126 Å². The van der Waals surface area contributed by atoms with Gasteiger partial charge >= 0.3 is 0 Å². The van der Waals surface area contributed by atoms with E-state index in [-0.39, 0.29) is 12.1 Å². The molecule has 2 rings (SSSR count). The maximum absolute atomic E-state index is 12.8. The van der Waals surface area contributed by atoms with Crippen molar-refractivity contribution in [3.05, 3.63) is 17.0 Å². The van der Waals surface area contributed by atoms with Gasteiger partial charge in [-0.2, -0.15) is 4.31 Å². The van der Waals surface area contributed by atoms with Gasteiger partial charge in [0.25, 0.3) is 10.0 Å². The second-order valence-electron chi connectivity index (χ2n) is 5.54. The highest BCUT2D eigenvalue weighted by Crippen LogP contribution is 2.27. The van der Waals surface area contributed by atoms with Crippen molar-refractivity contribution >= 4 is 21.4 Å². The lowest BCUT2D eigenvalue weighted by molar-refractivity contribution is 0.323. The van der Waals surface area contributed by atoms with Gasteiger partial charge in [0.15, 0.2) is 0 Å². The molecule has 0 saturated carbocycles. The van der Waals surface area contributed by atoms with E-state index in [2.05, 4.69) is 5.32 Å². The molecule has 20 heavy (non-hydrogen) atoms. The van der Waals surface area contributed by atoms with E-state index in [1.165, 1.54) is 11.3 Å². The van der Waals surface area contributed by atoms with E-state index in [1.807, 2.05) is 26.8 Å². The molecule has 1 fully saturated rings. The molecular weight excluding hydrogens is 292 g/mol. The summed E-state index contributed by atoms with van der Waals surface area (Å²) in [6.07, 6.45) is 3.07. The van der Waals surface area contributed by atoms with Crippen molar-refractivity contribution in [2.24, 2.45) is 0 Å². The number of nitrogens with one attached hydrogen (secondary N) is 1. The van der Waals surface area contributed by atoms with E-state index < -0.39 is 10.0 Å². The van der Waals surface area contributed by atoms with Crippen molar-refractivity contribution in [2.45, 2.75) is 56.3 Å². The monoisotopic (exact) mass is 316 g/mol. The van der Waals surface area contributed by atoms with Crippen molar-refractivity contribution in [1.29, 1.82) is 0 Å². The molecule has 0 amide bonds. The number of thiophene rings is 1. The van der Waals surface area contributed by atoms with Crippen LogP contribution in [0.3, 0.4) is 0 Å². The zero-order chi connectivity index (χ0) is 14.8. The number of sulfonamides is 1. The summed E-state index contributed by atoms with van der Waals surface area (Å²) in [5.41, 5.74) is 0. The molecule has 1 aromatic rings. The molecule has 2 heterocycles. The van der Waals surface area contributed by atoms with Crippen LogP contribution in [-0.2, 0) is 16.4 Å². The number of aryl methyl sites for hydroxylation is 1. The molecule has 1 saturated heterocycles. The maximum Gasteiger partial charge on any atom is 0.252 e. The van der Waals surface area contributed by atoms with Gasteiger partial charge in [0.05, 0.1) is 0 Å². The van der Waals surface area contributed by atoms with Crippen LogP contribution in [0.5, 0.6) is 0 Å². The summed E-state index contributed by atoms with van der Waals surface area (Å²) in [6, 6.07) is 3.94. The molecule has 0 aliphatic carbocycles. The van der Waals surface area contributed by atoms with E-state index in [0.717, 1.165) is 30.7 Å². The topological polar surface area (TPSA) is 49.4 Å². The minimum absolute atomic E-state index is 0.0189. The van der Waals surface area contributed by atoms with Crippen molar-refractivity contribution in [3.63, 3.8) is 0 Å². The van der Waals surface area contributed by atoms with Crippen LogP contribution in [0.15, 0.2) is 16.3 Å². The molecule has 4 nitrogen and oxygen atoms in total. The predicted molar refractivity (Wildman–Crippen MR) is 83.7 cm³/mol. The average Bonchev–Trinajstić information content (AvgIpc) is 3.06. The van der Waals surface area contributed by atoms with Gasteiger partial charge in [-0.25, -0.2) is 8.42 Å². The van der Waals surface area contributed by atoms with E-state index >= 15 is 0 Å². The van der Waals surface area contributed by atoms with Crippen LogP contribution in [0.2, 0.25) is 0 Å². The quantitative estimate of drug-likeness (QED) is 0.877. The summed E-state index contributed by atoms with van der Waals surface area (Å²) in [4.78, 5) is 1.12. The Balaban J connectivity index is 2.22. The Morgan fingerprint density at radius 1 is 1.45 bits per heavy atom. The molecule has 1 N–H and O–H groups in total. The van der Waals surface area contributed by atoms with Gasteiger partial charge in [-0.1, -0.05) is 6.92 Å². The van der Waals surface area contributed by atoms with Gasteiger partial charge in [0.2, 0.25) is 0 Å². The predicted octanol–water partition coefficient (Wildman–Crippen LogP) is 2.46. The highest BCUT2D eigenvalue weighted by molar-refractivity contribution is 7.91. The van der Waals surface area contributed by atoms with Crippen molar-refractivity contribution < 1.29 is 8.42 Å². The largest absolute Gasteiger partial charge is 0.313 e. The van der Waals surface area contributed by atoms with Crippen LogP contribution < -0.4 is 5.32 Å². The third-order valence-corrected chi connectivity index (χ3v) is 7.43. The SMILES string of the molecule is CCc1ccc(S(=O)(=O)N(CC2CCCN2)C(C)C)s1. The number of hydrogen-bond acceptors (Lipinski definition) is 4. The first-order valence-corrected chi connectivity index (χ1v) is 9.54. The fraction of sp³-hybridized carbons (Fsp3) is 0.714. The summed E-state index contributed by atoms with van der Waals surface area (Å²) in [7, 11) is -3.37. The summed E-state index contributed by atoms with van der Waals surface area (Å²) >= 11 is 1.39. The number of nitrogens with zero attached hydrogens (tertiary/aromatic N) is 1. The molecule has 0 radical (unpaired) electrons. The molecule has 0 aromatic carbocycles. The van der Waals surface area contributed by atoms with Crippen molar-refractivity contribution in [1.82, 2.24) is 9.62 Å². The van der Waals surface area contributed by atoms with Crippen LogP contribution in [-0.4, -0.2) is 37.9 Å². The third-order valence-electron chi connectivity index (χ3n) is 3.69. The zero-order valence-electron chi connectivity index (χ0n) is 12.4. The van der Waals surface area contributed by atoms with Gasteiger partial charge < -0.3 is 5.32 Å². The lowest BCUT2D eigenvalue weighted by Crippen LogP contribution is -2.44. The highest BCUT2D eigenvalue weighted by Gasteiger charge is 2.31. The molecule has 0 spiro atoms. The number of rotatable bonds is 6. The van der Waals surface area contributed by atoms with Gasteiger partial charge in [-0.15, -0.1) is 11.3 Å². The summed E-state index contributed by atoms with van der Waals surface area (Å²) in [5, 5.41) is 3.38. The molecule has 1 aromatic heterocycles. The van der Waals surface area contributed by atoms with Gasteiger partial charge in [0, 0.05) is 23.5 Å². The van der Waals surface area contributed by atoms with Crippen LogP contribution in [0.1, 0.15) is 38.5 Å². The Morgan fingerprint density at radius 3 is 2.70 bits per heavy atom. The Hall–Kier alpha value is -0.430. The van der Waals surface area contributed by atoms with Crippen LogP contribution in [0.4, 0.5) is 0 Å². The minimum atomic E-state index is -3.37. The second kappa shape index (κ2) is 6.56. The van der Waals surface area contributed by atoms with Crippen molar-refractivity contribution in [2.75, 3.05) is 13.1 Å². The van der Waals surface area contributed by atoms with Crippen LogP contribution >= 0.6 is 11.3 Å². The number of hydrogen-bond donors (Lipinski definition) is 1. The summed E-state index contributed by atoms with van der Waals surface area (Å²) < 4.78 is 27.7. The summed E-state index contributed by atoms with van der Waals surface area (Å²) in [5.74, 6) is 0. The molecule has 1 unspecified atom stereocenters. The van der Waals surface area contributed by atoms with Gasteiger partial charge in [-0.3, -0.25) is 0 Å². The fourth-order valence-corrected chi connectivity index (χ4v) is 5.63. The van der Waals surface area contributed by atoms with E-state index in [0.29, 0.717) is 10.8 Å². The van der Waals surface area contributed by atoms with E-state index in [9.17, 15) is 8.42 Å². The normalized spacial score (nSPS) is 20.1. The Kier molecular flexibility index (Phi) is 5.23. The maximum atomic E-state index is 12.8. The molecule has 114 valence electrons. The van der Waals surface area contributed by atoms with E-state index in [1.54, 1.807) is 10.4 Å². The van der Waals surface area contributed by atoms with Gasteiger partial charge in [-0.05, 0) is 51.8 Å². The fourth-order valence-electron chi connectivity index (χ4n) is 2.52. The zero-order valence-corrected chi connectivity index (χ0v) is 14.1. The smallest absolute Gasteiger partial charge is 0.252 e. The van der Waals surface area contributed by atoms with Crippen LogP contribution in [0.25, 0.3) is 0 Å². The van der Waals surface area contributed by atoms with Gasteiger partial charge in [0.1, 0.15) is 4.21 Å². The second-order valence-corrected chi connectivity index (χ2v) is 8.82. The molecule has 1 aliphatic heterocycles. The standard InChI is InChI=1S/C14H24N2O2S2/c1-4-13-7-8-14(19-13)20(17,18)16(11(2)3)10-12-6-5-9-15-12/h7-8,11-12,15H,4-6,9-10H2,1-3H3. The summed E-state index contributed by atoms with van der Waals surface area (Å²) in [6.45, 7) is 7.50. The first kappa shape index (κ1) is 15.9. The molecule has 0 bridgehead atoms. The average molecular weight is 316 g/mol. The first-order chi connectivity index (χ1) is 9.45. The lowest BCUT2D eigenvalue weighted by atomic mass is 10.2. The van der Waals surface area contributed by atoms with Crippen LogP contribution in [0, 0.1) is 0 Å². The van der Waals surface area contributed by atoms with E-state index in [4.69, 9.17) is 0 Å². The highest BCUT2D eigenvalue weighted by atomic mass is 32.2. The first-order valence-electron chi connectivity index (χ1n) is 7.29.